The van der Waals surface area contributed by atoms with Gasteiger partial charge < -0.3 is 10.2 Å². The van der Waals surface area contributed by atoms with Crippen molar-refractivity contribution in [1.29, 1.82) is 0 Å². The minimum atomic E-state index is -1.17. The summed E-state index contributed by atoms with van der Waals surface area (Å²) in [5.74, 6) is -2.23. The quantitative estimate of drug-likeness (QED) is 0.238. The first-order chi connectivity index (χ1) is 17.4. The number of nitrogens with zero attached hydrogens (tertiary/aromatic N) is 4. The molecule has 0 aliphatic carbocycles. The third kappa shape index (κ3) is 6.13. The van der Waals surface area contributed by atoms with Crippen LogP contribution in [-0.2, 0) is 6.54 Å². The topological polar surface area (TPSA) is 63.1 Å². The van der Waals surface area contributed by atoms with Gasteiger partial charge in [-0.15, -0.1) is 0 Å². The van der Waals surface area contributed by atoms with Crippen molar-refractivity contribution in [2.75, 3.05) is 19.6 Å². The molecular weight excluding hydrogens is 510 g/mol. The van der Waals surface area contributed by atoms with Crippen molar-refractivity contribution in [2.45, 2.75) is 39.5 Å². The highest BCUT2D eigenvalue weighted by atomic mass is 35.5. The van der Waals surface area contributed by atoms with E-state index in [1.807, 2.05) is 20.8 Å². The lowest BCUT2D eigenvalue weighted by Crippen LogP contribution is -2.44. The molecule has 37 heavy (non-hydrogen) atoms. The second kappa shape index (κ2) is 10.8. The number of rotatable bonds is 7. The summed E-state index contributed by atoms with van der Waals surface area (Å²) < 4.78 is 58.5. The molecule has 3 aromatic rings. The summed E-state index contributed by atoms with van der Waals surface area (Å²) in [5.41, 5.74) is -0.315. The second-order valence-electron chi connectivity index (χ2n) is 10.3. The minimum absolute atomic E-state index is 0.00885. The van der Waals surface area contributed by atoms with E-state index in [9.17, 15) is 22.4 Å². The number of aromatic nitrogens is 3. The monoisotopic (exact) mass is 537 g/mol. The molecule has 1 N–H and O–H groups in total. The molecule has 1 amide bonds. The van der Waals surface area contributed by atoms with Crippen molar-refractivity contribution in [3.05, 3.63) is 71.3 Å². The van der Waals surface area contributed by atoms with Gasteiger partial charge in [0.25, 0.3) is 0 Å². The van der Waals surface area contributed by atoms with Crippen LogP contribution in [0.2, 0.25) is 0 Å². The standard InChI is InChI=1S/C26H28ClF4N5O/c1-26(2,3)22(35(25(27)37)14-16-11-32-12-21(16)31)24-33-23(19-10-18(29)7-8-20(19)30)34-36(24)13-15-5-4-6-17(28)9-15/h4-10,16,21-22,32H,11-14H2,1-3H3/t16-,21-,22-/m0/s1. The minimum Gasteiger partial charge on any atom is -0.318 e. The van der Waals surface area contributed by atoms with E-state index in [1.165, 1.54) is 21.7 Å². The first-order valence-corrected chi connectivity index (χ1v) is 12.3. The highest BCUT2D eigenvalue weighted by Gasteiger charge is 2.41. The lowest BCUT2D eigenvalue weighted by atomic mass is 9.84. The molecule has 3 atom stereocenters. The second-order valence-corrected chi connectivity index (χ2v) is 10.6. The highest BCUT2D eigenvalue weighted by molar-refractivity contribution is 6.62. The van der Waals surface area contributed by atoms with E-state index < -0.39 is 46.4 Å². The Morgan fingerprint density at radius 3 is 2.51 bits per heavy atom. The van der Waals surface area contributed by atoms with E-state index in [1.54, 1.807) is 12.1 Å². The van der Waals surface area contributed by atoms with Crippen LogP contribution < -0.4 is 5.32 Å². The number of nitrogens with one attached hydrogen (secondary N) is 1. The Balaban J connectivity index is 1.86. The summed E-state index contributed by atoms with van der Waals surface area (Å²) >= 11 is 6.05. The molecule has 0 saturated carbocycles. The maximum Gasteiger partial charge on any atom is 0.317 e. The smallest absolute Gasteiger partial charge is 0.317 e. The van der Waals surface area contributed by atoms with Gasteiger partial charge in [-0.1, -0.05) is 32.9 Å². The van der Waals surface area contributed by atoms with Gasteiger partial charge in [0.15, 0.2) is 11.6 Å². The largest absolute Gasteiger partial charge is 0.318 e. The number of halogens is 5. The fraction of sp³-hybridized carbons (Fsp3) is 0.423. The maximum absolute atomic E-state index is 14.7. The van der Waals surface area contributed by atoms with Crippen molar-refractivity contribution in [2.24, 2.45) is 11.3 Å². The molecule has 6 nitrogen and oxygen atoms in total. The van der Waals surface area contributed by atoms with E-state index in [0.717, 1.165) is 18.2 Å². The zero-order valence-electron chi connectivity index (χ0n) is 20.7. The zero-order valence-corrected chi connectivity index (χ0v) is 21.4. The number of carbonyl (C=O) groups excluding carboxylic acids is 1. The average Bonchev–Trinajstić information content (AvgIpc) is 3.40. The predicted octanol–water partition coefficient (Wildman–Crippen LogP) is 5.72. The van der Waals surface area contributed by atoms with Gasteiger partial charge in [0.05, 0.1) is 18.2 Å². The Bertz CT molecular complexity index is 1280. The third-order valence-corrected chi connectivity index (χ3v) is 6.60. The fourth-order valence-electron chi connectivity index (χ4n) is 4.67. The van der Waals surface area contributed by atoms with Gasteiger partial charge in [-0.05, 0) is 52.9 Å². The molecule has 1 fully saturated rings. The number of hydrogen-bond acceptors (Lipinski definition) is 4. The number of amides is 1. The maximum atomic E-state index is 14.7. The van der Waals surface area contributed by atoms with E-state index in [0.29, 0.717) is 12.1 Å². The van der Waals surface area contributed by atoms with Crippen LogP contribution in [0.1, 0.15) is 38.2 Å². The highest BCUT2D eigenvalue weighted by Crippen LogP contribution is 2.40. The summed E-state index contributed by atoms with van der Waals surface area (Å²) in [4.78, 5) is 18.6. The van der Waals surface area contributed by atoms with Gasteiger partial charge in [0.2, 0.25) is 0 Å². The van der Waals surface area contributed by atoms with Crippen molar-refractivity contribution in [3.8, 4) is 11.4 Å². The summed E-state index contributed by atoms with van der Waals surface area (Å²) in [5, 5.41) is 6.60. The molecule has 198 valence electrons. The molecule has 2 aromatic carbocycles. The fourth-order valence-corrected chi connectivity index (χ4v) is 4.84. The first kappa shape index (κ1) is 27.1. The molecule has 0 spiro atoms. The Morgan fingerprint density at radius 1 is 1.16 bits per heavy atom. The van der Waals surface area contributed by atoms with Crippen molar-refractivity contribution >= 4 is 17.0 Å². The van der Waals surface area contributed by atoms with Crippen LogP contribution in [0, 0.1) is 28.8 Å². The van der Waals surface area contributed by atoms with Crippen molar-refractivity contribution in [1.82, 2.24) is 25.0 Å². The molecule has 4 rings (SSSR count). The van der Waals surface area contributed by atoms with Crippen LogP contribution in [0.5, 0.6) is 0 Å². The molecule has 0 unspecified atom stereocenters. The lowest BCUT2D eigenvalue weighted by Gasteiger charge is -2.39. The van der Waals surface area contributed by atoms with Crippen LogP contribution in [0.15, 0.2) is 42.5 Å². The predicted molar refractivity (Wildman–Crippen MR) is 132 cm³/mol. The Kier molecular flexibility index (Phi) is 7.89. The Labute approximate surface area is 217 Å². The van der Waals surface area contributed by atoms with Crippen molar-refractivity contribution in [3.63, 3.8) is 0 Å². The first-order valence-electron chi connectivity index (χ1n) is 11.9. The summed E-state index contributed by atoms with van der Waals surface area (Å²) in [6.07, 6.45) is -1.17. The molecule has 0 bridgehead atoms. The van der Waals surface area contributed by atoms with E-state index >= 15 is 0 Å². The van der Waals surface area contributed by atoms with Crippen LogP contribution in [-0.4, -0.2) is 50.8 Å². The molecule has 1 saturated heterocycles. The van der Waals surface area contributed by atoms with E-state index in [-0.39, 0.29) is 36.8 Å². The van der Waals surface area contributed by atoms with Crippen LogP contribution >= 0.6 is 11.6 Å². The molecule has 1 aromatic heterocycles. The SMILES string of the molecule is CC(C)(C)[C@H](c1nc(-c2cc(F)ccc2F)nn1Cc1cccc(F)c1)N(C[C@@H]1CNC[C@@H]1F)C(=O)Cl. The Hall–Kier alpha value is -2.98. The van der Waals surface area contributed by atoms with Crippen LogP contribution in [0.25, 0.3) is 11.4 Å². The molecule has 1 aliphatic heterocycles. The average molecular weight is 538 g/mol. The number of carbonyl (C=O) groups is 1. The van der Waals surface area contributed by atoms with Gasteiger partial charge in [-0.2, -0.15) is 5.10 Å². The number of alkyl halides is 1. The van der Waals surface area contributed by atoms with Gasteiger partial charge in [0, 0.05) is 25.6 Å². The molecule has 0 radical (unpaired) electrons. The zero-order chi connectivity index (χ0) is 26.9. The summed E-state index contributed by atoms with van der Waals surface area (Å²) in [7, 11) is 0. The van der Waals surface area contributed by atoms with E-state index in [4.69, 9.17) is 11.6 Å². The van der Waals surface area contributed by atoms with Gasteiger partial charge in [-0.3, -0.25) is 4.79 Å². The molecular formula is C26H28ClF4N5O. The van der Waals surface area contributed by atoms with Crippen LogP contribution in [0.4, 0.5) is 22.4 Å². The summed E-state index contributed by atoms with van der Waals surface area (Å²) in [6.45, 7) is 6.15. The van der Waals surface area contributed by atoms with Gasteiger partial charge in [0.1, 0.15) is 23.6 Å². The molecule has 11 heteroatoms. The normalized spacial score (nSPS) is 18.7. The van der Waals surface area contributed by atoms with Gasteiger partial charge >= 0.3 is 5.37 Å². The van der Waals surface area contributed by atoms with Crippen LogP contribution in [0.3, 0.4) is 0 Å². The third-order valence-electron chi connectivity index (χ3n) is 6.38. The number of hydrogen-bond donors (Lipinski definition) is 1. The lowest BCUT2D eigenvalue weighted by molar-refractivity contribution is 0.0997. The van der Waals surface area contributed by atoms with Crippen molar-refractivity contribution < 1.29 is 22.4 Å². The molecule has 2 heterocycles. The number of benzene rings is 2. The van der Waals surface area contributed by atoms with E-state index in [2.05, 4.69) is 15.4 Å². The molecule has 1 aliphatic rings. The van der Waals surface area contributed by atoms with Gasteiger partial charge in [-0.25, -0.2) is 27.2 Å². The Morgan fingerprint density at radius 2 is 1.89 bits per heavy atom. The summed E-state index contributed by atoms with van der Waals surface area (Å²) in [6, 6.07) is 7.97.